The molecule has 0 N–H and O–H groups in total. The van der Waals surface area contributed by atoms with E-state index in [2.05, 4.69) is 38.2 Å². The normalized spacial score (nSPS) is 11.6. The Labute approximate surface area is 291 Å². The molecule has 0 aromatic heterocycles. The maximum Gasteiger partial charge on any atom is 1.00 e. The molecule has 7 nitrogen and oxygen atoms in total. The summed E-state index contributed by atoms with van der Waals surface area (Å²) in [5.74, 6) is -1.59. The Morgan fingerprint density at radius 2 is 1.07 bits per heavy atom. The van der Waals surface area contributed by atoms with E-state index in [1.54, 1.807) is 0 Å². The van der Waals surface area contributed by atoms with Crippen LogP contribution in [-0.2, 0) is 19.6 Å². The molecule has 0 aliphatic rings. The van der Waals surface area contributed by atoms with E-state index < -0.39 is 27.0 Å². The molecule has 0 aliphatic carbocycles. The molecule has 0 atom stereocenters. The van der Waals surface area contributed by atoms with E-state index in [1.807, 2.05) is 0 Å². The fourth-order valence-electron chi connectivity index (χ4n) is 4.06. The first-order valence-electron chi connectivity index (χ1n) is 15.0. The van der Waals surface area contributed by atoms with Crippen LogP contribution in [0.2, 0.25) is 0 Å². The van der Waals surface area contributed by atoms with Crippen LogP contribution in [0.5, 0.6) is 0 Å². The van der Waals surface area contributed by atoms with Gasteiger partial charge in [0.05, 0.1) is 29.2 Å². The second-order valence-corrected chi connectivity index (χ2v) is 11.4. The summed E-state index contributed by atoms with van der Waals surface area (Å²) < 4.78 is 45.1. The zero-order valence-corrected chi connectivity index (χ0v) is 29.5. The minimum Gasteiger partial charge on any atom is -0.744 e. The van der Waals surface area contributed by atoms with Gasteiger partial charge in [-0.05, 0) is 69.6 Å². The SMILES string of the molecule is CCCC/C=C/CCCCCCOC(=O)c1ccc(S(=O)(=O)[O-])cc1C(=O)OCCCCCC/C=C/CCCC.[K+]. The van der Waals surface area contributed by atoms with Gasteiger partial charge in [-0.1, -0.05) is 89.5 Å². The molecular weight excluding hydrogens is 568 g/mol. The summed E-state index contributed by atoms with van der Waals surface area (Å²) in [6.45, 7) is 4.68. The summed E-state index contributed by atoms with van der Waals surface area (Å²) in [5.41, 5.74) is -0.376. The van der Waals surface area contributed by atoms with Crippen LogP contribution in [0.4, 0.5) is 0 Å². The minimum atomic E-state index is -4.81. The largest absolute Gasteiger partial charge is 1.00 e. The molecule has 0 fully saturated rings. The Morgan fingerprint density at radius 1 is 0.659 bits per heavy atom. The average Bonchev–Trinajstić information content (AvgIpc) is 2.93. The predicted molar refractivity (Wildman–Crippen MR) is 158 cm³/mol. The van der Waals surface area contributed by atoms with Gasteiger partial charge in [0.25, 0.3) is 0 Å². The average molecular weight is 617 g/mol. The molecule has 226 valence electrons. The molecule has 41 heavy (non-hydrogen) atoms. The third-order valence-electron chi connectivity index (χ3n) is 6.50. The van der Waals surface area contributed by atoms with Crippen molar-refractivity contribution in [3.63, 3.8) is 0 Å². The Bertz CT molecular complexity index is 1020. The van der Waals surface area contributed by atoms with Crippen LogP contribution in [-0.4, -0.2) is 38.1 Å². The van der Waals surface area contributed by atoms with Gasteiger partial charge in [-0.15, -0.1) is 0 Å². The first kappa shape index (κ1) is 40.2. The van der Waals surface area contributed by atoms with E-state index in [0.29, 0.717) is 12.8 Å². The van der Waals surface area contributed by atoms with Crippen LogP contribution in [0.3, 0.4) is 0 Å². The van der Waals surface area contributed by atoms with Crippen molar-refractivity contribution in [1.82, 2.24) is 0 Å². The first-order chi connectivity index (χ1) is 19.3. The minimum absolute atomic E-state index is 0. The fourth-order valence-corrected chi connectivity index (χ4v) is 4.56. The molecule has 0 saturated heterocycles. The quantitative estimate of drug-likeness (QED) is 0.0539. The van der Waals surface area contributed by atoms with Crippen molar-refractivity contribution in [1.29, 1.82) is 0 Å². The monoisotopic (exact) mass is 616 g/mol. The first-order valence-corrected chi connectivity index (χ1v) is 16.5. The van der Waals surface area contributed by atoms with Crippen molar-refractivity contribution in [3.05, 3.63) is 53.6 Å². The molecular formula is C32H49KO7S. The predicted octanol–water partition coefficient (Wildman–Crippen LogP) is 5.30. The van der Waals surface area contributed by atoms with Crippen molar-refractivity contribution in [3.8, 4) is 0 Å². The number of rotatable bonds is 23. The summed E-state index contributed by atoms with van der Waals surface area (Å²) in [7, 11) is -4.81. The maximum atomic E-state index is 12.7. The number of esters is 2. The number of allylic oxidation sites excluding steroid dienone is 4. The zero-order valence-electron chi connectivity index (χ0n) is 25.5. The van der Waals surface area contributed by atoms with Crippen LogP contribution in [0.15, 0.2) is 47.4 Å². The van der Waals surface area contributed by atoms with E-state index in [9.17, 15) is 22.6 Å². The Hall–Kier alpha value is -0.814. The van der Waals surface area contributed by atoms with Crippen LogP contribution in [0.25, 0.3) is 0 Å². The summed E-state index contributed by atoms with van der Waals surface area (Å²) >= 11 is 0. The Balaban J connectivity index is 0.0000160. The van der Waals surface area contributed by atoms with Crippen molar-refractivity contribution < 1.29 is 83.4 Å². The molecule has 0 bridgehead atoms. The number of benzene rings is 1. The van der Waals surface area contributed by atoms with Crippen molar-refractivity contribution in [2.24, 2.45) is 0 Å². The second-order valence-electron chi connectivity index (χ2n) is 10.1. The Morgan fingerprint density at radius 3 is 1.51 bits per heavy atom. The number of carbonyl (C=O) groups is 2. The molecule has 9 heteroatoms. The summed E-state index contributed by atoms with van der Waals surface area (Å²) in [5, 5.41) is 0. The molecule has 0 amide bonds. The van der Waals surface area contributed by atoms with E-state index in [-0.39, 0.29) is 75.7 Å². The van der Waals surface area contributed by atoms with Gasteiger partial charge in [-0.2, -0.15) is 0 Å². The molecule has 0 saturated carbocycles. The number of unbranched alkanes of at least 4 members (excludes halogenated alkanes) is 12. The summed E-state index contributed by atoms with van der Waals surface area (Å²) in [4.78, 5) is 24.8. The van der Waals surface area contributed by atoms with E-state index in [1.165, 1.54) is 25.7 Å². The van der Waals surface area contributed by atoms with E-state index >= 15 is 0 Å². The van der Waals surface area contributed by atoms with Gasteiger partial charge in [-0.3, -0.25) is 0 Å². The fraction of sp³-hybridized carbons (Fsp3) is 0.625. The number of hydrogen-bond acceptors (Lipinski definition) is 7. The van der Waals surface area contributed by atoms with Crippen LogP contribution in [0.1, 0.15) is 137 Å². The summed E-state index contributed by atoms with van der Waals surface area (Å²) in [6.07, 6.45) is 25.3. The molecule has 1 aromatic carbocycles. The standard InChI is InChI=1S/C32H50O7S.K/c1-3-5-7-9-11-13-15-17-19-21-25-38-31(33)29-24-23-28(40(35,36)37)27-30(29)32(34)39-26-22-20-18-16-14-12-10-8-6-4-2;/h9-12,23-24,27H,3-8,13-22,25-26H2,1-2H3,(H,35,36,37);/q;+1/p-1/b11-9+,12-10+;. The molecule has 0 radical (unpaired) electrons. The molecule has 1 aromatic rings. The third-order valence-corrected chi connectivity index (χ3v) is 7.33. The van der Waals surface area contributed by atoms with Gasteiger partial charge in [0, 0.05) is 0 Å². The smallest absolute Gasteiger partial charge is 0.744 e. The van der Waals surface area contributed by atoms with Gasteiger partial charge in [0.15, 0.2) is 0 Å². The molecule has 1 rings (SSSR count). The molecule has 0 aliphatic heterocycles. The van der Waals surface area contributed by atoms with Crippen LogP contribution in [0, 0.1) is 0 Å². The van der Waals surface area contributed by atoms with Crippen molar-refractivity contribution in [2.75, 3.05) is 13.2 Å². The van der Waals surface area contributed by atoms with Crippen LogP contribution < -0.4 is 51.4 Å². The number of carbonyl (C=O) groups excluding carboxylic acids is 2. The molecule has 0 heterocycles. The van der Waals surface area contributed by atoms with Crippen molar-refractivity contribution >= 4 is 22.1 Å². The third kappa shape index (κ3) is 19.9. The maximum absolute atomic E-state index is 12.7. The van der Waals surface area contributed by atoms with E-state index in [0.717, 1.165) is 82.4 Å². The van der Waals surface area contributed by atoms with Crippen LogP contribution >= 0.6 is 0 Å². The Kier molecular flexibility index (Phi) is 25.2. The number of ether oxygens (including phenoxy) is 2. The summed E-state index contributed by atoms with van der Waals surface area (Å²) in [6, 6.07) is 3.06. The second kappa shape index (κ2) is 25.7. The number of hydrogen-bond donors (Lipinski definition) is 0. The van der Waals surface area contributed by atoms with Crippen molar-refractivity contribution in [2.45, 2.75) is 121 Å². The van der Waals surface area contributed by atoms with Gasteiger partial charge < -0.3 is 14.0 Å². The van der Waals surface area contributed by atoms with Gasteiger partial charge >= 0.3 is 63.3 Å². The van der Waals surface area contributed by atoms with Gasteiger partial charge in [0.1, 0.15) is 10.1 Å². The van der Waals surface area contributed by atoms with Gasteiger partial charge in [0.2, 0.25) is 0 Å². The van der Waals surface area contributed by atoms with Gasteiger partial charge in [-0.25, -0.2) is 18.0 Å². The topological polar surface area (TPSA) is 110 Å². The zero-order chi connectivity index (χ0) is 29.5. The van der Waals surface area contributed by atoms with E-state index in [4.69, 9.17) is 9.47 Å². The molecule has 0 unspecified atom stereocenters. The molecule has 0 spiro atoms.